The second-order valence-corrected chi connectivity index (χ2v) is 8.62. The Morgan fingerprint density at radius 1 is 1.35 bits per heavy atom. The van der Waals surface area contributed by atoms with Crippen molar-refractivity contribution in [3.63, 3.8) is 0 Å². The lowest BCUT2D eigenvalue weighted by atomic mass is 10.1. The van der Waals surface area contributed by atoms with Crippen LogP contribution in [0.4, 0.5) is 0 Å². The molecule has 0 bridgehead atoms. The predicted octanol–water partition coefficient (Wildman–Crippen LogP) is 5.59. The van der Waals surface area contributed by atoms with Gasteiger partial charge in [-0.1, -0.05) is 41.4 Å². The molecule has 6 heteroatoms. The van der Waals surface area contributed by atoms with E-state index in [4.69, 9.17) is 11.6 Å². The number of benzene rings is 1. The van der Waals surface area contributed by atoms with Gasteiger partial charge in [-0.05, 0) is 25.1 Å². The van der Waals surface area contributed by atoms with E-state index in [0.717, 1.165) is 25.5 Å². The topological polar surface area (TPSA) is 33.2 Å². The summed E-state index contributed by atoms with van der Waals surface area (Å²) in [5, 5.41) is 2.90. The van der Waals surface area contributed by atoms with Crippen molar-refractivity contribution >= 4 is 40.2 Å². The number of nitrogens with zero attached hydrogens (tertiary/aromatic N) is 2. The monoisotopic (exact) mass is 402 g/mol. The van der Waals surface area contributed by atoms with Crippen molar-refractivity contribution in [1.29, 1.82) is 0 Å². The Bertz CT molecular complexity index is 916. The van der Waals surface area contributed by atoms with Crippen molar-refractivity contribution in [2.45, 2.75) is 19.9 Å². The van der Waals surface area contributed by atoms with Crippen molar-refractivity contribution in [3.8, 4) is 10.6 Å². The molecule has 0 radical (unpaired) electrons. The molecule has 26 heavy (non-hydrogen) atoms. The minimum atomic E-state index is 0.0375. The van der Waals surface area contributed by atoms with E-state index >= 15 is 0 Å². The number of carbonyl (C=O) groups is 1. The normalized spacial score (nSPS) is 10.7. The fourth-order valence-electron chi connectivity index (χ4n) is 2.60. The Kier molecular flexibility index (Phi) is 6.25. The third-order valence-electron chi connectivity index (χ3n) is 3.83. The number of halogens is 1. The lowest BCUT2D eigenvalue weighted by Crippen LogP contribution is -2.31. The smallest absolute Gasteiger partial charge is 0.229 e. The standard InChI is InChI=1S/C20H19ClN2OS2/c1-3-9-23(12-17-7-8-18(21)26-17)19(24)11-16-13-25-20(22-16)15-6-4-5-14(2)10-15/h3-8,10,13H,1,9,11-12H2,2H3. The van der Waals surface area contributed by atoms with E-state index in [1.54, 1.807) is 22.3 Å². The zero-order valence-corrected chi connectivity index (χ0v) is 16.8. The highest BCUT2D eigenvalue weighted by Crippen LogP contribution is 2.26. The predicted molar refractivity (Wildman–Crippen MR) is 111 cm³/mol. The second-order valence-electron chi connectivity index (χ2n) is 5.96. The Morgan fingerprint density at radius 3 is 2.88 bits per heavy atom. The van der Waals surface area contributed by atoms with E-state index in [2.05, 4.69) is 30.6 Å². The maximum Gasteiger partial charge on any atom is 0.229 e. The fraction of sp³-hybridized carbons (Fsp3) is 0.200. The molecule has 3 rings (SSSR count). The van der Waals surface area contributed by atoms with Gasteiger partial charge in [-0.2, -0.15) is 0 Å². The van der Waals surface area contributed by atoms with E-state index in [0.29, 0.717) is 13.1 Å². The van der Waals surface area contributed by atoms with Gasteiger partial charge in [0.2, 0.25) is 5.91 Å². The first kappa shape index (κ1) is 18.8. The van der Waals surface area contributed by atoms with E-state index in [9.17, 15) is 4.79 Å². The maximum absolute atomic E-state index is 12.7. The molecule has 0 saturated carbocycles. The summed E-state index contributed by atoms with van der Waals surface area (Å²) < 4.78 is 0.730. The van der Waals surface area contributed by atoms with Gasteiger partial charge in [0.1, 0.15) is 5.01 Å². The molecule has 1 aromatic carbocycles. The summed E-state index contributed by atoms with van der Waals surface area (Å²) in [5.74, 6) is 0.0375. The van der Waals surface area contributed by atoms with Gasteiger partial charge in [0.25, 0.3) is 0 Å². The first-order chi connectivity index (χ1) is 12.5. The Balaban J connectivity index is 1.70. The van der Waals surface area contributed by atoms with Gasteiger partial charge in [-0.3, -0.25) is 4.79 Å². The first-order valence-electron chi connectivity index (χ1n) is 8.19. The lowest BCUT2D eigenvalue weighted by Gasteiger charge is -2.20. The van der Waals surface area contributed by atoms with Gasteiger partial charge in [0, 0.05) is 22.4 Å². The van der Waals surface area contributed by atoms with Crippen LogP contribution in [-0.2, 0) is 17.8 Å². The van der Waals surface area contributed by atoms with Crippen LogP contribution < -0.4 is 0 Å². The van der Waals surface area contributed by atoms with Crippen molar-refractivity contribution in [1.82, 2.24) is 9.88 Å². The van der Waals surface area contributed by atoms with Crippen molar-refractivity contribution in [2.24, 2.45) is 0 Å². The molecule has 2 aromatic heterocycles. The summed E-state index contributed by atoms with van der Waals surface area (Å²) in [6.07, 6.45) is 2.03. The molecule has 3 aromatic rings. The Labute approximate surface area is 166 Å². The third-order valence-corrected chi connectivity index (χ3v) is 5.98. The molecule has 2 heterocycles. The summed E-state index contributed by atoms with van der Waals surface area (Å²) in [6, 6.07) is 12.0. The van der Waals surface area contributed by atoms with Crippen molar-refractivity contribution < 1.29 is 4.79 Å². The molecule has 0 aliphatic carbocycles. The van der Waals surface area contributed by atoms with E-state index in [1.165, 1.54) is 16.9 Å². The summed E-state index contributed by atoms with van der Waals surface area (Å²) >= 11 is 9.05. The average Bonchev–Trinajstić information content (AvgIpc) is 3.23. The SMILES string of the molecule is C=CCN(Cc1ccc(Cl)s1)C(=O)Cc1csc(-c2cccc(C)c2)n1. The summed E-state index contributed by atoms with van der Waals surface area (Å²) in [4.78, 5) is 20.2. The van der Waals surface area contributed by atoms with Crippen LogP contribution in [0.25, 0.3) is 10.6 Å². The highest BCUT2D eigenvalue weighted by Gasteiger charge is 2.16. The molecule has 0 N–H and O–H groups in total. The van der Waals surface area contributed by atoms with E-state index in [1.807, 2.05) is 29.6 Å². The number of aryl methyl sites for hydroxylation is 1. The number of carbonyl (C=O) groups excluding carboxylic acids is 1. The molecule has 0 unspecified atom stereocenters. The Hall–Kier alpha value is -1.95. The minimum Gasteiger partial charge on any atom is -0.334 e. The molecular formula is C20H19ClN2OS2. The largest absolute Gasteiger partial charge is 0.334 e. The van der Waals surface area contributed by atoms with Gasteiger partial charge in [-0.15, -0.1) is 29.3 Å². The van der Waals surface area contributed by atoms with Crippen LogP contribution in [0, 0.1) is 6.92 Å². The molecule has 0 fully saturated rings. The van der Waals surface area contributed by atoms with Crippen LogP contribution in [0.2, 0.25) is 4.34 Å². The van der Waals surface area contributed by atoms with Gasteiger partial charge < -0.3 is 4.90 Å². The quantitative estimate of drug-likeness (QED) is 0.482. The fourth-order valence-corrected chi connectivity index (χ4v) is 4.52. The number of rotatable bonds is 7. The minimum absolute atomic E-state index is 0.0375. The Morgan fingerprint density at radius 2 is 2.19 bits per heavy atom. The number of aromatic nitrogens is 1. The van der Waals surface area contributed by atoms with E-state index in [-0.39, 0.29) is 12.3 Å². The first-order valence-corrected chi connectivity index (χ1v) is 10.3. The lowest BCUT2D eigenvalue weighted by molar-refractivity contribution is -0.130. The summed E-state index contributed by atoms with van der Waals surface area (Å²) in [6.45, 7) is 6.86. The van der Waals surface area contributed by atoms with Gasteiger partial charge in [-0.25, -0.2) is 4.98 Å². The highest BCUT2D eigenvalue weighted by molar-refractivity contribution is 7.16. The molecule has 3 nitrogen and oxygen atoms in total. The second kappa shape index (κ2) is 8.62. The molecule has 0 atom stereocenters. The van der Waals surface area contributed by atoms with Gasteiger partial charge in [0.15, 0.2) is 0 Å². The molecule has 0 spiro atoms. The number of hydrogen-bond donors (Lipinski definition) is 0. The van der Waals surface area contributed by atoms with Crippen LogP contribution >= 0.6 is 34.3 Å². The van der Waals surface area contributed by atoms with Gasteiger partial charge >= 0.3 is 0 Å². The van der Waals surface area contributed by atoms with Crippen LogP contribution in [0.15, 0.2) is 54.4 Å². The molecular weight excluding hydrogens is 384 g/mol. The molecule has 0 saturated heterocycles. The molecule has 0 aliphatic rings. The summed E-state index contributed by atoms with van der Waals surface area (Å²) in [5.41, 5.74) is 3.08. The zero-order chi connectivity index (χ0) is 18.5. The molecule has 134 valence electrons. The highest BCUT2D eigenvalue weighted by atomic mass is 35.5. The average molecular weight is 403 g/mol. The van der Waals surface area contributed by atoms with Gasteiger partial charge in [0.05, 0.1) is 23.0 Å². The maximum atomic E-state index is 12.7. The number of thiophene rings is 1. The van der Waals surface area contributed by atoms with Crippen molar-refractivity contribution in [3.05, 3.63) is 74.9 Å². The van der Waals surface area contributed by atoms with Crippen LogP contribution in [0.3, 0.4) is 0 Å². The van der Waals surface area contributed by atoms with Crippen LogP contribution in [0.5, 0.6) is 0 Å². The number of hydrogen-bond acceptors (Lipinski definition) is 4. The number of amides is 1. The zero-order valence-electron chi connectivity index (χ0n) is 14.4. The van der Waals surface area contributed by atoms with Crippen LogP contribution in [-0.4, -0.2) is 22.3 Å². The molecule has 0 aliphatic heterocycles. The van der Waals surface area contributed by atoms with E-state index < -0.39 is 0 Å². The third kappa shape index (κ3) is 4.81. The number of thiazole rings is 1. The summed E-state index contributed by atoms with van der Waals surface area (Å²) in [7, 11) is 0. The van der Waals surface area contributed by atoms with Crippen molar-refractivity contribution in [2.75, 3.05) is 6.54 Å². The van der Waals surface area contributed by atoms with Crippen LogP contribution in [0.1, 0.15) is 16.1 Å². The molecule has 1 amide bonds.